The van der Waals surface area contributed by atoms with Gasteiger partial charge in [0.2, 0.25) is 0 Å². The van der Waals surface area contributed by atoms with Crippen molar-refractivity contribution in [1.29, 1.82) is 0 Å². The molecule has 0 aromatic heterocycles. The van der Waals surface area contributed by atoms with E-state index in [0.29, 0.717) is 18.7 Å². The van der Waals surface area contributed by atoms with Gasteiger partial charge in [-0.2, -0.15) is 0 Å². The summed E-state index contributed by atoms with van der Waals surface area (Å²) in [6.45, 7) is 6.69. The lowest BCUT2D eigenvalue weighted by molar-refractivity contribution is 0.0954. The van der Waals surface area contributed by atoms with E-state index in [0.717, 1.165) is 31.0 Å². The molecule has 5 nitrogen and oxygen atoms in total. The Morgan fingerprint density at radius 3 is 2.46 bits per heavy atom. The van der Waals surface area contributed by atoms with Crippen LogP contribution in [0.5, 0.6) is 0 Å². The Balaban J connectivity index is 1.73. The minimum absolute atomic E-state index is 0.0542. The van der Waals surface area contributed by atoms with Crippen LogP contribution in [0.3, 0.4) is 0 Å². The summed E-state index contributed by atoms with van der Waals surface area (Å²) in [7, 11) is 0. The van der Waals surface area contributed by atoms with Crippen molar-refractivity contribution in [3.05, 3.63) is 71.3 Å². The molecule has 0 fully saturated rings. The van der Waals surface area contributed by atoms with Crippen LogP contribution >= 0.6 is 0 Å². The summed E-state index contributed by atoms with van der Waals surface area (Å²) in [4.78, 5) is 16.7. The summed E-state index contributed by atoms with van der Waals surface area (Å²) in [6, 6.07) is 17.9. The van der Waals surface area contributed by atoms with Crippen molar-refractivity contribution in [3.63, 3.8) is 0 Å². The Bertz CT molecular complexity index is 713. The van der Waals surface area contributed by atoms with Crippen molar-refractivity contribution in [1.82, 2.24) is 16.0 Å². The van der Waals surface area contributed by atoms with Crippen LogP contribution in [0.25, 0.3) is 0 Å². The van der Waals surface area contributed by atoms with E-state index in [1.165, 1.54) is 5.56 Å². The Labute approximate surface area is 155 Å². The topological polar surface area (TPSA) is 65.5 Å². The molecule has 0 aliphatic rings. The predicted molar refractivity (Wildman–Crippen MR) is 108 cm³/mol. The van der Waals surface area contributed by atoms with Crippen molar-refractivity contribution >= 4 is 11.9 Å². The summed E-state index contributed by atoms with van der Waals surface area (Å²) >= 11 is 0. The average Bonchev–Trinajstić information content (AvgIpc) is 2.66. The zero-order valence-electron chi connectivity index (χ0n) is 15.6. The fourth-order valence-electron chi connectivity index (χ4n) is 2.53. The molecule has 0 saturated carbocycles. The highest BCUT2D eigenvalue weighted by Crippen LogP contribution is 2.03. The zero-order chi connectivity index (χ0) is 18.6. The van der Waals surface area contributed by atoms with Gasteiger partial charge in [-0.25, -0.2) is 0 Å². The first-order valence-corrected chi connectivity index (χ1v) is 9.10. The smallest absolute Gasteiger partial charge is 0.251 e. The molecule has 138 valence electrons. The van der Waals surface area contributed by atoms with E-state index < -0.39 is 0 Å². The molecule has 0 unspecified atom stereocenters. The van der Waals surface area contributed by atoms with Crippen molar-refractivity contribution in [2.75, 3.05) is 26.2 Å². The molecule has 26 heavy (non-hydrogen) atoms. The molecule has 0 radical (unpaired) electrons. The van der Waals surface area contributed by atoms with Gasteiger partial charge in [-0.1, -0.05) is 48.0 Å². The number of carbonyl (C=O) groups excluding carboxylic acids is 1. The van der Waals surface area contributed by atoms with Crippen LogP contribution in [0, 0.1) is 6.92 Å². The lowest BCUT2D eigenvalue weighted by Crippen LogP contribution is -2.41. The van der Waals surface area contributed by atoms with Crippen molar-refractivity contribution in [2.45, 2.75) is 20.3 Å². The van der Waals surface area contributed by atoms with Gasteiger partial charge in [0.25, 0.3) is 5.91 Å². The second-order valence-electron chi connectivity index (χ2n) is 6.05. The van der Waals surface area contributed by atoms with Crippen molar-refractivity contribution in [3.8, 4) is 0 Å². The summed E-state index contributed by atoms with van der Waals surface area (Å²) in [5.41, 5.74) is 3.04. The predicted octanol–water partition coefficient (Wildman–Crippen LogP) is 2.52. The molecule has 2 rings (SSSR count). The maximum Gasteiger partial charge on any atom is 0.251 e. The van der Waals surface area contributed by atoms with E-state index in [9.17, 15) is 4.79 Å². The molecule has 0 spiro atoms. The van der Waals surface area contributed by atoms with Crippen LogP contribution in [0.4, 0.5) is 0 Å². The van der Waals surface area contributed by atoms with E-state index >= 15 is 0 Å². The maximum absolute atomic E-state index is 12.1. The Kier molecular flexibility index (Phi) is 8.19. The molecular weight excluding hydrogens is 324 g/mol. The number of hydrogen-bond donors (Lipinski definition) is 3. The highest BCUT2D eigenvalue weighted by Gasteiger charge is 2.04. The molecule has 0 aliphatic carbocycles. The van der Waals surface area contributed by atoms with Gasteiger partial charge in [-0.05, 0) is 38.0 Å². The van der Waals surface area contributed by atoms with Gasteiger partial charge in [-0.3, -0.25) is 9.79 Å². The normalized spacial score (nSPS) is 11.1. The van der Waals surface area contributed by atoms with Gasteiger partial charge < -0.3 is 16.0 Å². The molecule has 3 N–H and O–H groups in total. The second-order valence-corrected chi connectivity index (χ2v) is 6.05. The highest BCUT2D eigenvalue weighted by molar-refractivity contribution is 5.94. The number of nitrogens with one attached hydrogen (secondary N) is 3. The van der Waals surface area contributed by atoms with Crippen LogP contribution in [0.1, 0.15) is 28.4 Å². The molecule has 2 aromatic carbocycles. The number of aryl methyl sites for hydroxylation is 1. The third-order valence-corrected chi connectivity index (χ3v) is 3.84. The maximum atomic E-state index is 12.1. The van der Waals surface area contributed by atoms with Crippen molar-refractivity contribution < 1.29 is 4.79 Å². The first-order valence-electron chi connectivity index (χ1n) is 9.10. The number of amides is 1. The third-order valence-electron chi connectivity index (χ3n) is 3.84. The number of hydrogen-bond acceptors (Lipinski definition) is 2. The molecule has 5 heteroatoms. The lowest BCUT2D eigenvalue weighted by atomic mass is 10.1. The van der Waals surface area contributed by atoms with Crippen LogP contribution in [0.15, 0.2) is 59.6 Å². The molecule has 2 aromatic rings. The summed E-state index contributed by atoms with van der Waals surface area (Å²) in [5, 5.41) is 9.39. The summed E-state index contributed by atoms with van der Waals surface area (Å²) in [5.74, 6) is 0.717. The molecule has 0 aliphatic heterocycles. The number of benzene rings is 2. The molecule has 0 heterocycles. The molecule has 0 saturated heterocycles. The minimum Gasteiger partial charge on any atom is -0.357 e. The largest absolute Gasteiger partial charge is 0.357 e. The van der Waals surface area contributed by atoms with Gasteiger partial charge in [-0.15, -0.1) is 0 Å². The number of rotatable bonds is 8. The summed E-state index contributed by atoms with van der Waals surface area (Å²) < 4.78 is 0. The Hall–Kier alpha value is -2.82. The average molecular weight is 352 g/mol. The van der Waals surface area contributed by atoms with Gasteiger partial charge in [0.05, 0.1) is 0 Å². The summed E-state index contributed by atoms with van der Waals surface area (Å²) in [6.07, 6.45) is 0.904. The molecular formula is C21H28N4O. The monoisotopic (exact) mass is 352 g/mol. The molecule has 0 bridgehead atoms. The molecule has 1 amide bonds. The van der Waals surface area contributed by atoms with E-state index in [1.807, 2.05) is 56.3 Å². The number of carbonyl (C=O) groups is 1. The van der Waals surface area contributed by atoms with E-state index in [1.54, 1.807) is 0 Å². The van der Waals surface area contributed by atoms with Gasteiger partial charge in [0.1, 0.15) is 0 Å². The number of guanidine groups is 1. The molecule has 0 atom stereocenters. The van der Waals surface area contributed by atoms with Crippen LogP contribution in [0.2, 0.25) is 0 Å². The fourth-order valence-corrected chi connectivity index (χ4v) is 2.53. The first-order chi connectivity index (χ1) is 12.7. The minimum atomic E-state index is -0.0542. The standard InChI is InChI=1S/C21H28N4O/c1-3-22-21(24-13-12-18-9-5-4-6-10-18)25-15-14-23-20(26)19-11-7-8-17(2)16-19/h4-11,16H,3,12-15H2,1-2H3,(H,23,26)(H2,22,24,25). The third kappa shape index (κ3) is 6.97. The second kappa shape index (κ2) is 10.9. The first kappa shape index (κ1) is 19.5. The van der Waals surface area contributed by atoms with E-state index in [-0.39, 0.29) is 5.91 Å². The van der Waals surface area contributed by atoms with Gasteiger partial charge >= 0.3 is 0 Å². The van der Waals surface area contributed by atoms with Gasteiger partial charge in [0.15, 0.2) is 5.96 Å². The fraction of sp³-hybridized carbons (Fsp3) is 0.333. The number of aliphatic imine (C=N–C) groups is 1. The van der Waals surface area contributed by atoms with Crippen LogP contribution < -0.4 is 16.0 Å². The Morgan fingerprint density at radius 2 is 1.73 bits per heavy atom. The zero-order valence-corrected chi connectivity index (χ0v) is 15.6. The number of nitrogens with zero attached hydrogens (tertiary/aromatic N) is 1. The van der Waals surface area contributed by atoms with E-state index in [2.05, 4.69) is 33.1 Å². The van der Waals surface area contributed by atoms with Gasteiger partial charge in [0, 0.05) is 31.7 Å². The van der Waals surface area contributed by atoms with Crippen LogP contribution in [-0.4, -0.2) is 38.0 Å². The highest BCUT2D eigenvalue weighted by atomic mass is 16.1. The SMILES string of the molecule is CCNC(=NCCc1ccccc1)NCCNC(=O)c1cccc(C)c1. The van der Waals surface area contributed by atoms with Crippen molar-refractivity contribution in [2.24, 2.45) is 4.99 Å². The quantitative estimate of drug-likeness (QED) is 0.389. The van der Waals surface area contributed by atoms with Crippen LogP contribution in [-0.2, 0) is 6.42 Å². The lowest BCUT2D eigenvalue weighted by Gasteiger charge is -2.12. The van der Waals surface area contributed by atoms with E-state index in [4.69, 9.17) is 0 Å². The Morgan fingerprint density at radius 1 is 0.962 bits per heavy atom.